The van der Waals surface area contributed by atoms with Crippen LogP contribution in [-0.2, 0) is 0 Å². The van der Waals surface area contributed by atoms with Gasteiger partial charge >= 0.3 is 0 Å². The average Bonchev–Trinajstić information content (AvgIpc) is 3.38. The molecule has 41 heavy (non-hydrogen) atoms. The van der Waals surface area contributed by atoms with E-state index in [1.165, 1.54) is 81.7 Å². The molecule has 1 aromatic heterocycles. The molecule has 1 nitrogen and oxygen atoms in total. The Morgan fingerprint density at radius 2 is 0.902 bits per heavy atom. The lowest BCUT2D eigenvalue weighted by Gasteiger charge is -2.12. The summed E-state index contributed by atoms with van der Waals surface area (Å²) in [6.45, 7) is 0. The van der Waals surface area contributed by atoms with E-state index < -0.39 is 0 Å². The van der Waals surface area contributed by atoms with Crippen molar-refractivity contribution < 1.29 is 0 Å². The maximum atomic E-state index is 2.44. The first-order valence-electron chi connectivity index (χ1n) is 14.2. The number of fused-ring (bicyclic) bond motifs is 9. The maximum Gasteiger partial charge on any atom is 0.0547 e. The van der Waals surface area contributed by atoms with Crippen molar-refractivity contribution in [2.75, 3.05) is 0 Å². The van der Waals surface area contributed by atoms with Crippen molar-refractivity contribution in [2.24, 2.45) is 0 Å². The predicted octanol–water partition coefficient (Wildman–Crippen LogP) is 11.1. The Morgan fingerprint density at radius 1 is 0.317 bits per heavy atom. The van der Waals surface area contributed by atoms with Crippen LogP contribution >= 0.6 is 0 Å². The smallest absolute Gasteiger partial charge is 0.0547 e. The van der Waals surface area contributed by atoms with Crippen molar-refractivity contribution in [3.05, 3.63) is 152 Å². The van der Waals surface area contributed by atoms with Gasteiger partial charge in [-0.1, -0.05) is 121 Å². The molecule has 0 spiro atoms. The second kappa shape index (κ2) is 8.55. The third-order valence-electron chi connectivity index (χ3n) is 8.74. The minimum atomic E-state index is 1.21. The summed E-state index contributed by atoms with van der Waals surface area (Å²) in [6, 6.07) is 55.6. The standard InChI is InChI=1S/C40H25N/c1-3-11-32-27(9-1)17-19-31-24-29(20-22-33(31)32)30-18-16-28-21-23-39-40(36(28)25-30)35-13-5-6-14-38(35)41(39)37-15-7-10-26-8-2-4-12-34(26)37/h1-25H. The Bertz CT molecular complexity index is 2470. The molecule has 0 bridgehead atoms. The number of aromatic nitrogens is 1. The van der Waals surface area contributed by atoms with Gasteiger partial charge < -0.3 is 4.57 Å². The van der Waals surface area contributed by atoms with Gasteiger partial charge in [0.1, 0.15) is 0 Å². The third-order valence-corrected chi connectivity index (χ3v) is 8.74. The molecule has 0 unspecified atom stereocenters. The highest BCUT2D eigenvalue weighted by molar-refractivity contribution is 6.22. The van der Waals surface area contributed by atoms with E-state index in [9.17, 15) is 0 Å². The van der Waals surface area contributed by atoms with Gasteiger partial charge in [-0.05, 0) is 79.2 Å². The number of hydrogen-bond acceptors (Lipinski definition) is 0. The van der Waals surface area contributed by atoms with E-state index in [1.54, 1.807) is 0 Å². The van der Waals surface area contributed by atoms with Crippen molar-refractivity contribution in [1.29, 1.82) is 0 Å². The molecule has 1 heteroatoms. The highest BCUT2D eigenvalue weighted by atomic mass is 15.0. The molecule has 0 amide bonds. The molecule has 0 N–H and O–H groups in total. The molecule has 0 saturated carbocycles. The Labute approximate surface area is 237 Å². The molecule has 190 valence electrons. The Morgan fingerprint density at radius 3 is 1.80 bits per heavy atom. The molecule has 8 aromatic carbocycles. The average molecular weight is 520 g/mol. The largest absolute Gasteiger partial charge is 0.309 e. The summed E-state index contributed by atoms with van der Waals surface area (Å²) in [5.74, 6) is 0. The summed E-state index contributed by atoms with van der Waals surface area (Å²) in [6.07, 6.45) is 0. The number of rotatable bonds is 2. The molecular weight excluding hydrogens is 494 g/mol. The van der Waals surface area contributed by atoms with E-state index in [2.05, 4.69) is 156 Å². The summed E-state index contributed by atoms with van der Waals surface area (Å²) in [7, 11) is 0. The number of benzene rings is 8. The Balaban J connectivity index is 1.32. The van der Waals surface area contributed by atoms with Gasteiger partial charge in [0.2, 0.25) is 0 Å². The van der Waals surface area contributed by atoms with Gasteiger partial charge in [0.05, 0.1) is 16.7 Å². The van der Waals surface area contributed by atoms with Crippen LogP contribution in [0.25, 0.3) is 81.7 Å². The van der Waals surface area contributed by atoms with Gasteiger partial charge in [-0.25, -0.2) is 0 Å². The SMILES string of the molecule is c1ccc2c(-n3c4ccccc4c4c5cc(-c6ccc7c(ccc8ccccc87)c6)ccc5ccc43)cccc2c1. The number of para-hydroxylation sites is 1. The lowest BCUT2D eigenvalue weighted by Crippen LogP contribution is -1.95. The molecule has 9 aromatic rings. The van der Waals surface area contributed by atoms with Crippen LogP contribution in [0.3, 0.4) is 0 Å². The molecular formula is C40H25N. The summed E-state index contributed by atoms with van der Waals surface area (Å²) in [5, 5.41) is 12.8. The zero-order valence-electron chi connectivity index (χ0n) is 22.4. The molecule has 0 aliphatic rings. The second-order valence-corrected chi connectivity index (χ2v) is 11.0. The highest BCUT2D eigenvalue weighted by Gasteiger charge is 2.16. The molecule has 0 atom stereocenters. The summed E-state index contributed by atoms with van der Waals surface area (Å²) < 4.78 is 2.44. The molecule has 1 heterocycles. The first-order valence-corrected chi connectivity index (χ1v) is 14.2. The zero-order chi connectivity index (χ0) is 26.9. The minimum Gasteiger partial charge on any atom is -0.309 e. The molecule has 0 aliphatic carbocycles. The topological polar surface area (TPSA) is 4.93 Å². The fourth-order valence-corrected chi connectivity index (χ4v) is 6.82. The van der Waals surface area contributed by atoms with Crippen molar-refractivity contribution in [3.8, 4) is 16.8 Å². The maximum absolute atomic E-state index is 2.44. The van der Waals surface area contributed by atoms with Crippen LogP contribution in [0.2, 0.25) is 0 Å². The predicted molar refractivity (Wildman–Crippen MR) is 176 cm³/mol. The zero-order valence-corrected chi connectivity index (χ0v) is 22.4. The molecule has 9 rings (SSSR count). The van der Waals surface area contributed by atoms with E-state index in [0.29, 0.717) is 0 Å². The van der Waals surface area contributed by atoms with Crippen molar-refractivity contribution >= 4 is 64.9 Å². The fraction of sp³-hybridized carbons (Fsp3) is 0. The molecule has 0 fully saturated rings. The Kier molecular flexibility index (Phi) is 4.67. The lowest BCUT2D eigenvalue weighted by molar-refractivity contribution is 1.20. The molecule has 0 aliphatic heterocycles. The van der Waals surface area contributed by atoms with Gasteiger partial charge in [-0.3, -0.25) is 0 Å². The van der Waals surface area contributed by atoms with Gasteiger partial charge in [0.15, 0.2) is 0 Å². The monoisotopic (exact) mass is 519 g/mol. The van der Waals surface area contributed by atoms with Gasteiger partial charge in [-0.2, -0.15) is 0 Å². The summed E-state index contributed by atoms with van der Waals surface area (Å²) >= 11 is 0. The molecule has 0 saturated heterocycles. The van der Waals surface area contributed by atoms with E-state index in [-0.39, 0.29) is 0 Å². The lowest BCUT2D eigenvalue weighted by atomic mass is 9.95. The molecule has 0 radical (unpaired) electrons. The van der Waals surface area contributed by atoms with Crippen LogP contribution in [0.5, 0.6) is 0 Å². The van der Waals surface area contributed by atoms with E-state index >= 15 is 0 Å². The fourth-order valence-electron chi connectivity index (χ4n) is 6.82. The van der Waals surface area contributed by atoms with Crippen LogP contribution in [0.1, 0.15) is 0 Å². The quantitative estimate of drug-likeness (QED) is 0.200. The highest BCUT2D eigenvalue weighted by Crippen LogP contribution is 2.40. The first kappa shape index (κ1) is 22.4. The number of hydrogen-bond donors (Lipinski definition) is 0. The van der Waals surface area contributed by atoms with E-state index in [1.807, 2.05) is 0 Å². The van der Waals surface area contributed by atoms with Gasteiger partial charge in [0.25, 0.3) is 0 Å². The van der Waals surface area contributed by atoms with Crippen molar-refractivity contribution in [3.63, 3.8) is 0 Å². The van der Waals surface area contributed by atoms with Crippen LogP contribution < -0.4 is 0 Å². The van der Waals surface area contributed by atoms with E-state index in [4.69, 9.17) is 0 Å². The van der Waals surface area contributed by atoms with Crippen molar-refractivity contribution in [2.45, 2.75) is 0 Å². The minimum absolute atomic E-state index is 1.21. The van der Waals surface area contributed by atoms with Crippen LogP contribution in [0.4, 0.5) is 0 Å². The van der Waals surface area contributed by atoms with Crippen LogP contribution in [0, 0.1) is 0 Å². The third kappa shape index (κ3) is 3.30. The first-order chi connectivity index (χ1) is 20.3. The normalized spacial score (nSPS) is 11.9. The van der Waals surface area contributed by atoms with Crippen LogP contribution in [0.15, 0.2) is 152 Å². The van der Waals surface area contributed by atoms with E-state index in [0.717, 1.165) is 0 Å². The summed E-state index contributed by atoms with van der Waals surface area (Å²) in [4.78, 5) is 0. The number of nitrogens with zero attached hydrogens (tertiary/aromatic N) is 1. The Hall–Kier alpha value is -5.40. The van der Waals surface area contributed by atoms with Gasteiger partial charge in [-0.15, -0.1) is 0 Å². The van der Waals surface area contributed by atoms with Crippen LogP contribution in [-0.4, -0.2) is 4.57 Å². The summed E-state index contributed by atoms with van der Waals surface area (Å²) in [5.41, 5.74) is 6.16. The van der Waals surface area contributed by atoms with Gasteiger partial charge in [0, 0.05) is 16.2 Å². The van der Waals surface area contributed by atoms with Crippen molar-refractivity contribution in [1.82, 2.24) is 4.57 Å². The second-order valence-electron chi connectivity index (χ2n) is 11.0.